The van der Waals surface area contributed by atoms with E-state index in [1.807, 2.05) is 6.92 Å². The third-order valence-corrected chi connectivity index (χ3v) is 1.32. The summed E-state index contributed by atoms with van der Waals surface area (Å²) in [7, 11) is 1.62. The summed E-state index contributed by atoms with van der Waals surface area (Å²) < 4.78 is 4.80. The van der Waals surface area contributed by atoms with Crippen molar-refractivity contribution in [2.24, 2.45) is 10.9 Å². The van der Waals surface area contributed by atoms with Gasteiger partial charge in [0.15, 0.2) is 5.84 Å². The van der Waals surface area contributed by atoms with Gasteiger partial charge in [0, 0.05) is 13.7 Å². The summed E-state index contributed by atoms with van der Waals surface area (Å²) in [5, 5.41) is 14.1. The van der Waals surface area contributed by atoms with Crippen molar-refractivity contribution in [1.29, 1.82) is 0 Å². The van der Waals surface area contributed by atoms with E-state index in [4.69, 9.17) is 15.7 Å². The summed E-state index contributed by atoms with van der Waals surface area (Å²) in [6.45, 7) is 3.11. The first-order valence-corrected chi connectivity index (χ1v) is 3.42. The van der Waals surface area contributed by atoms with E-state index in [2.05, 4.69) is 10.5 Å². The van der Waals surface area contributed by atoms with Gasteiger partial charge in [-0.1, -0.05) is 5.16 Å². The predicted molar refractivity (Wildman–Crippen MR) is 42.7 cm³/mol. The molecule has 0 fully saturated rings. The highest BCUT2D eigenvalue weighted by Crippen LogP contribution is 1.80. The number of amidine groups is 1. The molecule has 0 radical (unpaired) electrons. The second-order valence-corrected chi connectivity index (χ2v) is 2.19. The lowest BCUT2D eigenvalue weighted by molar-refractivity contribution is 0.198. The van der Waals surface area contributed by atoms with Crippen LogP contribution in [0.4, 0.5) is 0 Å². The van der Waals surface area contributed by atoms with Crippen molar-refractivity contribution < 1.29 is 9.94 Å². The van der Waals surface area contributed by atoms with Crippen LogP contribution in [0.2, 0.25) is 0 Å². The van der Waals surface area contributed by atoms with Gasteiger partial charge >= 0.3 is 0 Å². The minimum atomic E-state index is -0.116. The van der Waals surface area contributed by atoms with Gasteiger partial charge in [0.2, 0.25) is 0 Å². The van der Waals surface area contributed by atoms with E-state index in [0.29, 0.717) is 13.2 Å². The van der Waals surface area contributed by atoms with Gasteiger partial charge in [-0.25, -0.2) is 0 Å². The molecule has 1 unspecified atom stereocenters. The smallest absolute Gasteiger partial charge is 0.156 e. The van der Waals surface area contributed by atoms with E-state index in [1.54, 1.807) is 7.11 Å². The van der Waals surface area contributed by atoms with E-state index in [-0.39, 0.29) is 11.9 Å². The Morgan fingerprint density at radius 2 is 2.45 bits per heavy atom. The molecule has 0 rings (SSSR count). The molecule has 0 saturated heterocycles. The number of hydrogen-bond acceptors (Lipinski definition) is 4. The van der Waals surface area contributed by atoms with E-state index in [9.17, 15) is 0 Å². The number of ether oxygens (including phenoxy) is 1. The fraction of sp³-hybridized carbons (Fsp3) is 0.833. The zero-order valence-electron chi connectivity index (χ0n) is 6.87. The van der Waals surface area contributed by atoms with Crippen molar-refractivity contribution in [2.75, 3.05) is 20.3 Å². The molecule has 11 heavy (non-hydrogen) atoms. The van der Waals surface area contributed by atoms with E-state index < -0.39 is 0 Å². The van der Waals surface area contributed by atoms with Crippen LogP contribution in [0.25, 0.3) is 0 Å². The topological polar surface area (TPSA) is 79.9 Å². The molecule has 0 aliphatic rings. The largest absolute Gasteiger partial charge is 0.409 e. The number of nitrogens with two attached hydrogens (primary N) is 1. The van der Waals surface area contributed by atoms with Crippen LogP contribution in [0.15, 0.2) is 5.16 Å². The Kier molecular flexibility index (Phi) is 5.50. The molecule has 0 aromatic heterocycles. The number of nitrogens with one attached hydrogen (secondary N) is 1. The van der Waals surface area contributed by atoms with Crippen molar-refractivity contribution in [1.82, 2.24) is 5.32 Å². The highest BCUT2D eigenvalue weighted by Gasteiger charge is 2.04. The Labute approximate surface area is 66.2 Å². The van der Waals surface area contributed by atoms with Gasteiger partial charge in [0.05, 0.1) is 12.6 Å². The number of oxime groups is 1. The van der Waals surface area contributed by atoms with Crippen LogP contribution in [0.3, 0.4) is 0 Å². The third-order valence-electron chi connectivity index (χ3n) is 1.32. The molecule has 1 atom stereocenters. The first-order valence-electron chi connectivity index (χ1n) is 3.42. The summed E-state index contributed by atoms with van der Waals surface area (Å²) in [4.78, 5) is 0. The molecule has 0 bridgehead atoms. The minimum absolute atomic E-state index is 0.116. The fourth-order valence-electron chi connectivity index (χ4n) is 0.569. The monoisotopic (exact) mass is 161 g/mol. The molecule has 0 aliphatic carbocycles. The highest BCUT2D eigenvalue weighted by molar-refractivity contribution is 5.84. The van der Waals surface area contributed by atoms with Crippen LogP contribution in [0.1, 0.15) is 6.92 Å². The van der Waals surface area contributed by atoms with Crippen LogP contribution < -0.4 is 11.1 Å². The van der Waals surface area contributed by atoms with Gasteiger partial charge in [-0.05, 0) is 6.92 Å². The van der Waals surface area contributed by atoms with Crippen LogP contribution in [-0.4, -0.2) is 37.3 Å². The van der Waals surface area contributed by atoms with Crippen molar-refractivity contribution >= 4 is 5.84 Å². The van der Waals surface area contributed by atoms with Gasteiger partial charge in [0.1, 0.15) is 0 Å². The fourth-order valence-corrected chi connectivity index (χ4v) is 0.569. The first kappa shape index (κ1) is 10.2. The Balaban J connectivity index is 3.44. The van der Waals surface area contributed by atoms with Crippen LogP contribution in [-0.2, 0) is 4.74 Å². The van der Waals surface area contributed by atoms with Crippen molar-refractivity contribution in [3.8, 4) is 0 Å². The van der Waals surface area contributed by atoms with Gasteiger partial charge in [0.25, 0.3) is 0 Å². The number of hydrogen-bond donors (Lipinski definition) is 3. The molecule has 0 saturated carbocycles. The zero-order valence-corrected chi connectivity index (χ0v) is 6.87. The lowest BCUT2D eigenvalue weighted by Crippen LogP contribution is -2.40. The molecule has 0 aliphatic heterocycles. The molecule has 5 heteroatoms. The average molecular weight is 161 g/mol. The second-order valence-electron chi connectivity index (χ2n) is 2.19. The molecular formula is C6H15N3O2. The lowest BCUT2D eigenvalue weighted by Gasteiger charge is -2.10. The Hall–Kier alpha value is -0.810. The van der Waals surface area contributed by atoms with Crippen molar-refractivity contribution in [3.63, 3.8) is 0 Å². The molecule has 0 spiro atoms. The molecule has 0 aromatic carbocycles. The Morgan fingerprint density at radius 3 is 2.91 bits per heavy atom. The summed E-state index contributed by atoms with van der Waals surface area (Å²) >= 11 is 0. The molecule has 0 amide bonds. The molecule has 5 nitrogen and oxygen atoms in total. The Bertz CT molecular complexity index is 127. The molecule has 0 aromatic rings. The van der Waals surface area contributed by atoms with Crippen LogP contribution in [0.5, 0.6) is 0 Å². The maximum atomic E-state index is 8.25. The number of rotatable bonds is 5. The maximum Gasteiger partial charge on any atom is 0.156 e. The van der Waals surface area contributed by atoms with E-state index >= 15 is 0 Å². The summed E-state index contributed by atoms with van der Waals surface area (Å²) in [5.41, 5.74) is 5.30. The summed E-state index contributed by atoms with van der Waals surface area (Å²) in [6.07, 6.45) is 0. The normalized spacial score (nSPS) is 14.9. The summed E-state index contributed by atoms with van der Waals surface area (Å²) in [6, 6.07) is -0.116. The number of nitrogens with zero attached hydrogens (tertiary/aromatic N) is 1. The highest BCUT2D eigenvalue weighted by atomic mass is 16.5. The molecule has 4 N–H and O–H groups in total. The van der Waals surface area contributed by atoms with E-state index in [0.717, 1.165) is 0 Å². The van der Waals surface area contributed by atoms with Gasteiger partial charge in [-0.15, -0.1) is 0 Å². The quantitative estimate of drug-likeness (QED) is 0.165. The predicted octanol–water partition coefficient (Wildman–Crippen LogP) is -0.643. The zero-order chi connectivity index (χ0) is 8.69. The molecule has 0 heterocycles. The minimum Gasteiger partial charge on any atom is -0.409 e. The lowest BCUT2D eigenvalue weighted by atomic mass is 10.3. The summed E-state index contributed by atoms with van der Waals surface area (Å²) in [5.74, 6) is 0.182. The second kappa shape index (κ2) is 5.94. The van der Waals surface area contributed by atoms with Crippen LogP contribution >= 0.6 is 0 Å². The van der Waals surface area contributed by atoms with Gasteiger partial charge in [-0.3, -0.25) is 0 Å². The van der Waals surface area contributed by atoms with Crippen molar-refractivity contribution in [2.45, 2.75) is 13.0 Å². The third kappa shape index (κ3) is 4.58. The SMILES string of the molecule is COCCNC(C)C(N)=NO. The number of methoxy groups -OCH3 is 1. The Morgan fingerprint density at radius 1 is 1.82 bits per heavy atom. The molecular weight excluding hydrogens is 146 g/mol. The van der Waals surface area contributed by atoms with Crippen LogP contribution in [0, 0.1) is 0 Å². The average Bonchev–Trinajstić information content (AvgIpc) is 2.03. The van der Waals surface area contributed by atoms with Gasteiger partial charge in [-0.2, -0.15) is 0 Å². The van der Waals surface area contributed by atoms with E-state index in [1.165, 1.54) is 0 Å². The molecule has 66 valence electrons. The first-order chi connectivity index (χ1) is 5.22. The maximum absolute atomic E-state index is 8.25. The van der Waals surface area contributed by atoms with Crippen molar-refractivity contribution in [3.05, 3.63) is 0 Å². The standard InChI is InChI=1S/C6H15N3O2/c1-5(6(7)9-10)8-3-4-11-2/h5,8,10H,3-4H2,1-2H3,(H2,7,9). The van der Waals surface area contributed by atoms with Gasteiger partial charge < -0.3 is 21.0 Å².